The van der Waals surface area contributed by atoms with E-state index in [0.29, 0.717) is 5.69 Å². The Balaban J connectivity index is 2.23. The third-order valence-electron chi connectivity index (χ3n) is 3.10. The van der Waals surface area contributed by atoms with Crippen molar-refractivity contribution in [3.63, 3.8) is 0 Å². The maximum Gasteiger partial charge on any atom is 0.277 e. The third-order valence-corrected chi connectivity index (χ3v) is 3.10. The lowest BCUT2D eigenvalue weighted by Gasteiger charge is -2.26. The summed E-state index contributed by atoms with van der Waals surface area (Å²) >= 11 is 0. The number of allylic oxidation sites excluding steroid dienone is 1. The van der Waals surface area contributed by atoms with Gasteiger partial charge in [0.05, 0.1) is 6.07 Å². The second-order valence-corrected chi connectivity index (χ2v) is 4.46. The van der Waals surface area contributed by atoms with Crippen LogP contribution in [0.5, 0.6) is 0 Å². The molecule has 2 rings (SSSR count). The normalized spacial score (nSPS) is 18.5. The molecule has 0 fully saturated rings. The van der Waals surface area contributed by atoms with Crippen molar-refractivity contribution in [3.05, 3.63) is 35.2 Å². The molecule has 1 aliphatic rings. The predicted octanol–water partition coefficient (Wildman–Crippen LogP) is 1.76. The molecule has 2 N–H and O–H groups in total. The molecule has 0 atom stereocenters. The van der Waals surface area contributed by atoms with E-state index in [9.17, 15) is 5.21 Å². The molecule has 4 nitrogen and oxygen atoms in total. The fourth-order valence-corrected chi connectivity index (χ4v) is 2.15. The van der Waals surface area contributed by atoms with E-state index in [0.717, 1.165) is 42.8 Å². The van der Waals surface area contributed by atoms with Crippen LogP contribution in [0.4, 0.5) is 11.5 Å². The maximum atomic E-state index is 11.5. The fourth-order valence-electron chi connectivity index (χ4n) is 2.15. The molecule has 0 spiro atoms. The second-order valence-electron chi connectivity index (χ2n) is 4.46. The van der Waals surface area contributed by atoms with E-state index in [1.165, 1.54) is 0 Å². The van der Waals surface area contributed by atoms with Crippen LogP contribution in [0.15, 0.2) is 24.3 Å². The average Bonchev–Trinajstić information content (AvgIpc) is 2.25. The van der Waals surface area contributed by atoms with Gasteiger partial charge in [-0.1, -0.05) is 12.2 Å². The molecule has 0 saturated carbocycles. The number of nitrogens with zero attached hydrogens (tertiary/aromatic N) is 2. The number of hydrogen-bond donors (Lipinski definition) is 1. The molecule has 92 valence electrons. The average molecular weight is 233 g/mol. The molecule has 1 aliphatic heterocycles. The fraction of sp³-hybridized carbons (Fsp3) is 0.462. The molecule has 0 bridgehead atoms. The van der Waals surface area contributed by atoms with E-state index in [4.69, 9.17) is 5.73 Å². The predicted molar refractivity (Wildman–Crippen MR) is 69.8 cm³/mol. The van der Waals surface area contributed by atoms with E-state index in [1.807, 2.05) is 6.07 Å². The molecule has 0 aliphatic carbocycles. The lowest BCUT2D eigenvalue weighted by Crippen LogP contribution is -2.35. The van der Waals surface area contributed by atoms with Crippen molar-refractivity contribution >= 4 is 11.5 Å². The van der Waals surface area contributed by atoms with Gasteiger partial charge in [0.2, 0.25) is 0 Å². The number of nitrogen functional groups attached to an aromatic ring is 1. The van der Waals surface area contributed by atoms with Crippen LogP contribution in [0, 0.1) is 12.1 Å². The van der Waals surface area contributed by atoms with Crippen LogP contribution in [-0.4, -0.2) is 13.1 Å². The van der Waals surface area contributed by atoms with Gasteiger partial charge in [0.15, 0.2) is 0 Å². The Bertz CT molecular complexity index is 406. The Hall–Kier alpha value is -1.71. The quantitative estimate of drug-likeness (QED) is 0.457. The first-order chi connectivity index (χ1) is 8.18. The van der Waals surface area contributed by atoms with Crippen molar-refractivity contribution in [1.29, 1.82) is 0 Å². The van der Waals surface area contributed by atoms with Crippen LogP contribution < -0.4 is 15.4 Å². The van der Waals surface area contributed by atoms with Crippen LogP contribution >= 0.6 is 0 Å². The van der Waals surface area contributed by atoms with E-state index in [-0.39, 0.29) is 5.82 Å². The van der Waals surface area contributed by atoms with Crippen LogP contribution in [-0.2, 0) is 0 Å². The van der Waals surface area contributed by atoms with Gasteiger partial charge in [0, 0.05) is 24.8 Å². The van der Waals surface area contributed by atoms with E-state index in [1.54, 1.807) is 13.0 Å². The van der Waals surface area contributed by atoms with Crippen molar-refractivity contribution in [2.45, 2.75) is 26.2 Å². The monoisotopic (exact) mass is 233 g/mol. The number of pyridine rings is 1. The van der Waals surface area contributed by atoms with Gasteiger partial charge in [-0.3, -0.25) is 5.73 Å². The van der Waals surface area contributed by atoms with Gasteiger partial charge in [-0.2, -0.15) is 0 Å². The van der Waals surface area contributed by atoms with Crippen LogP contribution in [0.1, 0.15) is 25.0 Å². The van der Waals surface area contributed by atoms with Gasteiger partial charge in [0.25, 0.3) is 5.82 Å². The second kappa shape index (κ2) is 5.08. The first-order valence-electron chi connectivity index (χ1n) is 6.08. The lowest BCUT2D eigenvalue weighted by atomic mass is 10.2. The van der Waals surface area contributed by atoms with Crippen LogP contribution in [0.3, 0.4) is 0 Å². The molecule has 0 aromatic carbocycles. The summed E-state index contributed by atoms with van der Waals surface area (Å²) in [6.45, 7) is 3.79. The molecule has 1 aromatic heterocycles. The maximum absolute atomic E-state index is 11.5. The van der Waals surface area contributed by atoms with Gasteiger partial charge in [-0.05, 0) is 26.2 Å². The Morgan fingerprint density at radius 2 is 2.00 bits per heavy atom. The highest BCUT2D eigenvalue weighted by molar-refractivity contribution is 5.51. The van der Waals surface area contributed by atoms with Gasteiger partial charge >= 0.3 is 0 Å². The lowest BCUT2D eigenvalue weighted by molar-refractivity contribution is -0.596. The van der Waals surface area contributed by atoms with E-state index < -0.39 is 0 Å². The van der Waals surface area contributed by atoms with E-state index in [2.05, 4.69) is 17.1 Å². The number of hydrogen-bond acceptors (Lipinski definition) is 3. The molecule has 4 heteroatoms. The van der Waals surface area contributed by atoms with Gasteiger partial charge in [0.1, 0.15) is 5.69 Å². The summed E-state index contributed by atoms with van der Waals surface area (Å²) in [5.41, 5.74) is 7.42. The smallest absolute Gasteiger partial charge is 0.277 e. The summed E-state index contributed by atoms with van der Waals surface area (Å²) < 4.78 is 0.771. The Labute approximate surface area is 102 Å². The van der Waals surface area contributed by atoms with Gasteiger partial charge in [-0.15, -0.1) is 0 Å². The summed E-state index contributed by atoms with van der Waals surface area (Å²) in [6.07, 6.45) is 7.78. The summed E-state index contributed by atoms with van der Waals surface area (Å²) in [5, 5.41) is 11.5. The number of aromatic nitrogens is 1. The molecular formula is C13H19N3O. The minimum Gasteiger partial charge on any atom is -0.710 e. The topological polar surface area (TPSA) is 56.2 Å². The zero-order valence-electron chi connectivity index (χ0n) is 10.2. The Morgan fingerprint density at radius 1 is 1.24 bits per heavy atom. The molecule has 0 amide bonds. The third kappa shape index (κ3) is 2.70. The van der Waals surface area contributed by atoms with Gasteiger partial charge in [-0.25, -0.2) is 4.73 Å². The highest BCUT2D eigenvalue weighted by Gasteiger charge is 2.11. The Kier molecular flexibility index (Phi) is 3.52. The minimum absolute atomic E-state index is 0.276. The molecule has 0 unspecified atom stereocenters. The zero-order valence-corrected chi connectivity index (χ0v) is 10.2. The van der Waals surface area contributed by atoms with Gasteiger partial charge < -0.3 is 10.1 Å². The Morgan fingerprint density at radius 3 is 2.76 bits per heavy atom. The molecule has 0 radical (unpaired) electrons. The molecular weight excluding hydrogens is 214 g/mol. The van der Waals surface area contributed by atoms with Crippen molar-refractivity contribution < 1.29 is 4.73 Å². The number of nitrogens with two attached hydrogens (primary N) is 1. The first kappa shape index (κ1) is 11.8. The number of rotatable bonds is 1. The minimum atomic E-state index is 0.276. The van der Waals surface area contributed by atoms with E-state index >= 15 is 0 Å². The highest BCUT2D eigenvalue weighted by Crippen LogP contribution is 2.19. The molecule has 0 saturated heterocycles. The van der Waals surface area contributed by atoms with Crippen LogP contribution in [0.25, 0.3) is 0 Å². The SMILES string of the molecule is Cc1cc(N2CC/C=C\CCC2)cc(N)[n+]1[O-]. The molecule has 2 heterocycles. The van der Waals surface area contributed by atoms with Crippen molar-refractivity contribution in [2.24, 2.45) is 0 Å². The summed E-state index contributed by atoms with van der Waals surface area (Å²) in [7, 11) is 0. The first-order valence-corrected chi connectivity index (χ1v) is 6.08. The van der Waals surface area contributed by atoms with Crippen molar-refractivity contribution in [3.8, 4) is 0 Å². The largest absolute Gasteiger partial charge is 0.710 e. The zero-order chi connectivity index (χ0) is 12.3. The van der Waals surface area contributed by atoms with Crippen LogP contribution in [0.2, 0.25) is 0 Å². The number of aryl methyl sites for hydroxylation is 1. The number of anilines is 2. The standard InChI is InChI=1S/C13H19N3O/c1-11-9-12(10-13(14)16(11)17)15-7-5-3-2-4-6-8-15/h2-3,9-10H,4-8,14H2,1H3/b3-2-. The summed E-state index contributed by atoms with van der Waals surface area (Å²) in [4.78, 5) is 2.30. The summed E-state index contributed by atoms with van der Waals surface area (Å²) in [5.74, 6) is 0.276. The molecule has 17 heavy (non-hydrogen) atoms. The summed E-state index contributed by atoms with van der Waals surface area (Å²) in [6, 6.07) is 3.68. The highest BCUT2D eigenvalue weighted by atomic mass is 16.5. The van der Waals surface area contributed by atoms with Crippen molar-refractivity contribution in [2.75, 3.05) is 23.7 Å². The van der Waals surface area contributed by atoms with Crippen molar-refractivity contribution in [1.82, 2.24) is 0 Å². The molecule has 1 aromatic rings.